The Labute approximate surface area is 140 Å². The molecule has 0 aliphatic carbocycles. The van der Waals surface area contributed by atoms with Crippen LogP contribution in [-0.2, 0) is 15.3 Å². The number of nitro benzene ring substituents is 1. The number of ether oxygens (including phenoxy) is 2. The number of rotatable bonds is 6. The summed E-state index contributed by atoms with van der Waals surface area (Å²) in [6.45, 7) is 1.86. The average molecular weight is 328 g/mol. The molecule has 0 aromatic heterocycles. The van der Waals surface area contributed by atoms with Crippen molar-refractivity contribution in [2.24, 2.45) is 0 Å². The van der Waals surface area contributed by atoms with Gasteiger partial charge in [0.25, 0.3) is 5.69 Å². The van der Waals surface area contributed by atoms with Crippen molar-refractivity contribution in [2.75, 3.05) is 31.7 Å². The Balaban J connectivity index is 1.70. The van der Waals surface area contributed by atoms with Crippen molar-refractivity contribution in [2.45, 2.75) is 12.2 Å². The van der Waals surface area contributed by atoms with Gasteiger partial charge in [0.2, 0.25) is 0 Å². The lowest BCUT2D eigenvalue weighted by Crippen LogP contribution is -2.32. The highest BCUT2D eigenvalue weighted by molar-refractivity contribution is 5.50. The topological polar surface area (TPSA) is 64.8 Å². The minimum Gasteiger partial charge on any atom is -0.374 e. The van der Waals surface area contributed by atoms with E-state index in [0.717, 1.165) is 11.3 Å². The molecule has 0 bridgehead atoms. The molecule has 126 valence electrons. The molecule has 0 atom stereocenters. The lowest BCUT2D eigenvalue weighted by molar-refractivity contribution is -0.384. The van der Waals surface area contributed by atoms with Gasteiger partial charge in [-0.3, -0.25) is 10.1 Å². The maximum absolute atomic E-state index is 10.7. The molecule has 1 heterocycles. The second-order valence-electron chi connectivity index (χ2n) is 5.76. The summed E-state index contributed by atoms with van der Waals surface area (Å²) in [5.41, 5.74) is 2.02. The van der Waals surface area contributed by atoms with Crippen molar-refractivity contribution in [3.63, 3.8) is 0 Å². The number of nitrogens with zero attached hydrogens (tertiary/aromatic N) is 2. The summed E-state index contributed by atoms with van der Waals surface area (Å²) in [6.07, 6.45) is 0.671. The Morgan fingerprint density at radius 2 is 1.71 bits per heavy atom. The first kappa shape index (κ1) is 16.4. The van der Waals surface area contributed by atoms with Crippen molar-refractivity contribution in [1.82, 2.24) is 0 Å². The van der Waals surface area contributed by atoms with Crippen molar-refractivity contribution in [1.29, 1.82) is 0 Å². The zero-order chi connectivity index (χ0) is 17.0. The molecule has 0 N–H and O–H groups in total. The van der Waals surface area contributed by atoms with Gasteiger partial charge in [-0.25, -0.2) is 0 Å². The SMILES string of the molecule is CN(CCC1(c2ccccc2)OCCO1)c1ccc([N+](=O)[O-])cc1. The van der Waals surface area contributed by atoms with E-state index in [1.54, 1.807) is 12.1 Å². The third kappa shape index (κ3) is 3.39. The van der Waals surface area contributed by atoms with E-state index >= 15 is 0 Å². The van der Waals surface area contributed by atoms with Crippen LogP contribution in [0.1, 0.15) is 12.0 Å². The van der Waals surface area contributed by atoms with Gasteiger partial charge in [-0.1, -0.05) is 30.3 Å². The Kier molecular flexibility index (Phi) is 4.78. The zero-order valence-electron chi connectivity index (χ0n) is 13.6. The number of hydrogen-bond acceptors (Lipinski definition) is 5. The van der Waals surface area contributed by atoms with Gasteiger partial charge in [0, 0.05) is 43.4 Å². The van der Waals surface area contributed by atoms with Crippen LogP contribution in [0.2, 0.25) is 0 Å². The van der Waals surface area contributed by atoms with E-state index < -0.39 is 10.7 Å². The summed E-state index contributed by atoms with van der Waals surface area (Å²) < 4.78 is 11.9. The molecule has 0 spiro atoms. The molecule has 0 saturated carbocycles. The molecule has 2 aromatic rings. The summed E-state index contributed by atoms with van der Waals surface area (Å²) >= 11 is 0. The number of nitro groups is 1. The van der Waals surface area contributed by atoms with Gasteiger partial charge >= 0.3 is 0 Å². The second kappa shape index (κ2) is 6.98. The summed E-state index contributed by atoms with van der Waals surface area (Å²) in [5, 5.41) is 10.7. The van der Waals surface area contributed by atoms with Gasteiger partial charge in [0.05, 0.1) is 18.1 Å². The van der Waals surface area contributed by atoms with E-state index in [0.29, 0.717) is 26.2 Å². The minimum absolute atomic E-state index is 0.0929. The number of non-ortho nitro benzene ring substituents is 1. The zero-order valence-corrected chi connectivity index (χ0v) is 13.6. The fourth-order valence-electron chi connectivity index (χ4n) is 2.87. The molecule has 1 aliphatic rings. The van der Waals surface area contributed by atoms with Crippen molar-refractivity contribution in [3.8, 4) is 0 Å². The van der Waals surface area contributed by atoms with Gasteiger partial charge in [-0.2, -0.15) is 0 Å². The van der Waals surface area contributed by atoms with Crippen molar-refractivity contribution < 1.29 is 14.4 Å². The first-order valence-corrected chi connectivity index (χ1v) is 7.90. The Morgan fingerprint density at radius 1 is 1.08 bits per heavy atom. The number of benzene rings is 2. The van der Waals surface area contributed by atoms with E-state index in [1.807, 2.05) is 42.3 Å². The third-order valence-corrected chi connectivity index (χ3v) is 4.25. The molecule has 0 unspecified atom stereocenters. The maximum Gasteiger partial charge on any atom is 0.269 e. The normalized spacial score (nSPS) is 16.0. The van der Waals surface area contributed by atoms with E-state index in [1.165, 1.54) is 12.1 Å². The Bertz CT molecular complexity index is 682. The molecule has 1 fully saturated rings. The fraction of sp³-hybridized carbons (Fsp3) is 0.333. The van der Waals surface area contributed by atoms with Crippen LogP contribution in [-0.4, -0.2) is 31.7 Å². The van der Waals surface area contributed by atoms with Crippen LogP contribution >= 0.6 is 0 Å². The van der Waals surface area contributed by atoms with Gasteiger partial charge in [-0.15, -0.1) is 0 Å². The lowest BCUT2D eigenvalue weighted by atomic mass is 10.0. The van der Waals surface area contributed by atoms with E-state index in [4.69, 9.17) is 9.47 Å². The third-order valence-electron chi connectivity index (χ3n) is 4.25. The highest BCUT2D eigenvalue weighted by atomic mass is 16.7. The quantitative estimate of drug-likeness (QED) is 0.601. The van der Waals surface area contributed by atoms with Gasteiger partial charge < -0.3 is 14.4 Å². The number of hydrogen-bond donors (Lipinski definition) is 0. The standard InChI is InChI=1S/C18H20N2O4/c1-19(16-7-9-17(10-8-16)20(21)22)12-11-18(23-13-14-24-18)15-5-3-2-4-6-15/h2-10H,11-14H2,1H3. The minimum atomic E-state index is -0.712. The maximum atomic E-state index is 10.7. The lowest BCUT2D eigenvalue weighted by Gasteiger charge is -2.30. The molecule has 1 saturated heterocycles. The Hall–Kier alpha value is -2.44. The monoisotopic (exact) mass is 328 g/mol. The van der Waals surface area contributed by atoms with Crippen molar-refractivity contribution in [3.05, 3.63) is 70.3 Å². The van der Waals surface area contributed by atoms with Crippen LogP contribution in [0.15, 0.2) is 54.6 Å². The molecule has 2 aromatic carbocycles. The first-order valence-electron chi connectivity index (χ1n) is 7.90. The predicted molar refractivity (Wildman–Crippen MR) is 91.0 cm³/mol. The Morgan fingerprint density at radius 3 is 2.29 bits per heavy atom. The molecule has 6 nitrogen and oxygen atoms in total. The van der Waals surface area contributed by atoms with Crippen LogP contribution in [0.3, 0.4) is 0 Å². The second-order valence-corrected chi connectivity index (χ2v) is 5.76. The summed E-state index contributed by atoms with van der Waals surface area (Å²) in [5.74, 6) is -0.712. The molecule has 24 heavy (non-hydrogen) atoms. The molecule has 3 rings (SSSR count). The van der Waals surface area contributed by atoms with Crippen LogP contribution in [0.4, 0.5) is 11.4 Å². The van der Waals surface area contributed by atoms with Crippen LogP contribution < -0.4 is 4.90 Å². The molecule has 1 aliphatic heterocycles. The van der Waals surface area contributed by atoms with Crippen LogP contribution in [0.25, 0.3) is 0 Å². The molecule has 0 amide bonds. The van der Waals surface area contributed by atoms with Crippen molar-refractivity contribution >= 4 is 11.4 Å². The highest BCUT2D eigenvalue weighted by Crippen LogP contribution is 2.35. The summed E-state index contributed by atoms with van der Waals surface area (Å²) in [6, 6.07) is 16.5. The fourth-order valence-corrected chi connectivity index (χ4v) is 2.87. The molecule has 0 radical (unpaired) electrons. The molecular formula is C18H20N2O4. The average Bonchev–Trinajstić information content (AvgIpc) is 3.11. The molecular weight excluding hydrogens is 308 g/mol. The van der Waals surface area contributed by atoms with Gasteiger partial charge in [0.1, 0.15) is 0 Å². The first-order chi connectivity index (χ1) is 11.6. The number of anilines is 1. The van der Waals surface area contributed by atoms with Gasteiger partial charge in [-0.05, 0) is 12.1 Å². The predicted octanol–water partition coefficient (Wildman–Crippen LogP) is 3.32. The van der Waals surface area contributed by atoms with E-state index in [9.17, 15) is 10.1 Å². The summed E-state index contributed by atoms with van der Waals surface area (Å²) in [4.78, 5) is 12.4. The van der Waals surface area contributed by atoms with E-state index in [2.05, 4.69) is 0 Å². The highest BCUT2D eigenvalue weighted by Gasteiger charge is 2.38. The van der Waals surface area contributed by atoms with E-state index in [-0.39, 0.29) is 5.69 Å². The van der Waals surface area contributed by atoms with Crippen LogP contribution in [0.5, 0.6) is 0 Å². The van der Waals surface area contributed by atoms with Crippen LogP contribution in [0, 0.1) is 10.1 Å². The molecule has 6 heteroatoms. The summed E-state index contributed by atoms with van der Waals surface area (Å²) in [7, 11) is 1.95. The largest absolute Gasteiger partial charge is 0.374 e. The van der Waals surface area contributed by atoms with Gasteiger partial charge in [0.15, 0.2) is 5.79 Å². The smallest absolute Gasteiger partial charge is 0.269 e.